The number of unbranched alkanes of at least 4 members (excludes halogenated alkanes) is 7. The van der Waals surface area contributed by atoms with E-state index in [0.29, 0.717) is 13.0 Å². The minimum absolute atomic E-state index is 0.204. The molecule has 0 aromatic rings. The molecule has 0 aromatic carbocycles. The molecular weight excluding hydrogens is 448 g/mol. The van der Waals surface area contributed by atoms with E-state index >= 15 is 0 Å². The maximum absolute atomic E-state index is 12.0. The molecule has 0 rings (SSSR count). The van der Waals surface area contributed by atoms with Crippen LogP contribution in [0.5, 0.6) is 0 Å². The largest absolute Gasteiger partial charge is 0.457 e. The van der Waals surface area contributed by atoms with Crippen molar-refractivity contribution in [2.45, 2.75) is 116 Å². The van der Waals surface area contributed by atoms with Gasteiger partial charge in [0.05, 0.1) is 19.8 Å². The van der Waals surface area contributed by atoms with E-state index in [1.807, 2.05) is 0 Å². The summed E-state index contributed by atoms with van der Waals surface area (Å²) in [6.07, 6.45) is 37.0. The fraction of sp³-hybridized carbons (Fsp3) is 0.656. The van der Waals surface area contributed by atoms with Gasteiger partial charge in [-0.25, -0.2) is 0 Å². The zero-order chi connectivity index (χ0) is 26.4. The lowest BCUT2D eigenvalue weighted by Crippen LogP contribution is -2.27. The fourth-order valence-corrected chi connectivity index (χ4v) is 3.51. The second-order valence-corrected chi connectivity index (χ2v) is 9.09. The van der Waals surface area contributed by atoms with Gasteiger partial charge in [0.25, 0.3) is 0 Å². The molecule has 4 heteroatoms. The van der Waals surface area contributed by atoms with Crippen LogP contribution in [-0.2, 0) is 14.3 Å². The van der Waals surface area contributed by atoms with Crippen LogP contribution in [0.4, 0.5) is 0 Å². The van der Waals surface area contributed by atoms with Crippen molar-refractivity contribution in [1.82, 2.24) is 0 Å². The van der Waals surface area contributed by atoms with Gasteiger partial charge in [0.1, 0.15) is 6.10 Å². The van der Waals surface area contributed by atoms with E-state index in [9.17, 15) is 9.90 Å². The first-order chi connectivity index (χ1) is 17.7. The lowest BCUT2D eigenvalue weighted by Gasteiger charge is -2.15. The number of hydrogen-bond acceptors (Lipinski definition) is 4. The number of aliphatic hydroxyl groups is 1. The Labute approximate surface area is 222 Å². The third-order valence-electron chi connectivity index (χ3n) is 5.63. The van der Waals surface area contributed by atoms with Gasteiger partial charge in [-0.15, -0.1) is 0 Å². The van der Waals surface area contributed by atoms with E-state index in [-0.39, 0.29) is 19.2 Å². The highest BCUT2D eigenvalue weighted by atomic mass is 16.6. The van der Waals surface area contributed by atoms with E-state index in [1.165, 1.54) is 38.5 Å². The number of carbonyl (C=O) groups is 1. The van der Waals surface area contributed by atoms with Gasteiger partial charge in [-0.1, -0.05) is 120 Å². The molecule has 0 amide bonds. The zero-order valence-electron chi connectivity index (χ0n) is 23.3. The van der Waals surface area contributed by atoms with Crippen LogP contribution in [-0.4, -0.2) is 37.0 Å². The van der Waals surface area contributed by atoms with E-state index in [0.717, 1.165) is 51.4 Å². The molecule has 0 heterocycles. The first-order valence-corrected chi connectivity index (χ1v) is 14.4. The maximum Gasteiger partial charge on any atom is 0.306 e. The molecule has 0 fully saturated rings. The van der Waals surface area contributed by atoms with Crippen LogP contribution in [0.2, 0.25) is 0 Å². The number of rotatable bonds is 25. The summed E-state index contributed by atoms with van der Waals surface area (Å²) in [5.41, 5.74) is 0. The summed E-state index contributed by atoms with van der Waals surface area (Å²) in [6.45, 7) is 4.96. The SMILES string of the molecule is CC/C=C\C/C=C\C/C=C\C/C=C\C/C=C\CCOCC(CO)OC(=O)CCCCCCCCCC. The van der Waals surface area contributed by atoms with Crippen molar-refractivity contribution < 1.29 is 19.4 Å². The molecule has 0 spiro atoms. The van der Waals surface area contributed by atoms with Crippen LogP contribution < -0.4 is 0 Å². The van der Waals surface area contributed by atoms with Crippen LogP contribution >= 0.6 is 0 Å². The van der Waals surface area contributed by atoms with E-state index in [1.54, 1.807) is 0 Å². The van der Waals surface area contributed by atoms with Crippen molar-refractivity contribution in [3.8, 4) is 0 Å². The molecule has 0 aliphatic carbocycles. The Bertz CT molecular complexity index is 616. The molecule has 0 saturated heterocycles. The quantitative estimate of drug-likeness (QED) is 0.0771. The van der Waals surface area contributed by atoms with Crippen LogP contribution in [0.15, 0.2) is 60.8 Å². The second-order valence-electron chi connectivity index (χ2n) is 9.09. The summed E-state index contributed by atoms with van der Waals surface area (Å²) in [7, 11) is 0. The van der Waals surface area contributed by atoms with Crippen molar-refractivity contribution >= 4 is 5.97 Å². The van der Waals surface area contributed by atoms with Gasteiger partial charge in [-0.3, -0.25) is 4.79 Å². The van der Waals surface area contributed by atoms with Gasteiger partial charge in [-0.05, 0) is 44.9 Å². The molecule has 0 aliphatic rings. The molecule has 0 aliphatic heterocycles. The maximum atomic E-state index is 12.0. The molecule has 0 radical (unpaired) electrons. The third-order valence-corrected chi connectivity index (χ3v) is 5.63. The average molecular weight is 503 g/mol. The number of esters is 1. The topological polar surface area (TPSA) is 55.8 Å². The van der Waals surface area contributed by atoms with Crippen LogP contribution in [0.3, 0.4) is 0 Å². The third kappa shape index (κ3) is 26.7. The van der Waals surface area contributed by atoms with Crippen molar-refractivity contribution in [3.05, 3.63) is 60.8 Å². The number of aliphatic hydroxyl groups excluding tert-OH is 1. The molecule has 4 nitrogen and oxygen atoms in total. The van der Waals surface area contributed by atoms with Crippen molar-refractivity contribution in [1.29, 1.82) is 0 Å². The Morgan fingerprint density at radius 1 is 0.694 bits per heavy atom. The summed E-state index contributed by atoms with van der Waals surface area (Å²) < 4.78 is 10.9. The summed E-state index contributed by atoms with van der Waals surface area (Å²) in [6, 6.07) is 0. The molecule has 206 valence electrons. The summed E-state index contributed by atoms with van der Waals surface area (Å²) in [5.74, 6) is -0.235. The predicted octanol–water partition coefficient (Wildman–Crippen LogP) is 8.58. The summed E-state index contributed by atoms with van der Waals surface area (Å²) >= 11 is 0. The second kappa shape index (κ2) is 29.3. The highest BCUT2D eigenvalue weighted by molar-refractivity contribution is 5.69. The summed E-state index contributed by atoms with van der Waals surface area (Å²) in [4.78, 5) is 12.0. The minimum Gasteiger partial charge on any atom is -0.457 e. The van der Waals surface area contributed by atoms with Crippen molar-refractivity contribution in [3.63, 3.8) is 0 Å². The van der Waals surface area contributed by atoms with Gasteiger partial charge >= 0.3 is 5.97 Å². The lowest BCUT2D eigenvalue weighted by molar-refractivity contribution is -0.154. The first kappa shape index (κ1) is 34.1. The molecule has 1 atom stereocenters. The van der Waals surface area contributed by atoms with Crippen LogP contribution in [0, 0.1) is 0 Å². The number of carbonyl (C=O) groups excluding carboxylic acids is 1. The molecule has 0 bridgehead atoms. The smallest absolute Gasteiger partial charge is 0.306 e. The molecule has 36 heavy (non-hydrogen) atoms. The van der Waals surface area contributed by atoms with E-state index < -0.39 is 6.10 Å². The number of hydrogen-bond donors (Lipinski definition) is 1. The lowest BCUT2D eigenvalue weighted by atomic mass is 10.1. The predicted molar refractivity (Wildman–Crippen MR) is 154 cm³/mol. The van der Waals surface area contributed by atoms with E-state index in [2.05, 4.69) is 74.6 Å². The Morgan fingerprint density at radius 3 is 1.72 bits per heavy atom. The van der Waals surface area contributed by atoms with Gasteiger partial charge in [0.15, 0.2) is 0 Å². The van der Waals surface area contributed by atoms with E-state index in [4.69, 9.17) is 9.47 Å². The monoisotopic (exact) mass is 502 g/mol. The highest BCUT2D eigenvalue weighted by Gasteiger charge is 2.13. The normalized spacial score (nSPS) is 13.3. The number of ether oxygens (including phenoxy) is 2. The zero-order valence-corrected chi connectivity index (χ0v) is 23.3. The van der Waals surface area contributed by atoms with Gasteiger partial charge < -0.3 is 14.6 Å². The Balaban J connectivity index is 3.65. The molecule has 0 aromatic heterocycles. The summed E-state index contributed by atoms with van der Waals surface area (Å²) in [5, 5.41) is 9.44. The molecule has 0 saturated carbocycles. The van der Waals surface area contributed by atoms with Crippen molar-refractivity contribution in [2.24, 2.45) is 0 Å². The van der Waals surface area contributed by atoms with Crippen LogP contribution in [0.25, 0.3) is 0 Å². The first-order valence-electron chi connectivity index (χ1n) is 14.4. The van der Waals surface area contributed by atoms with Gasteiger partial charge in [0, 0.05) is 6.42 Å². The molecule has 1 N–H and O–H groups in total. The Kier molecular flexibility index (Phi) is 27.8. The fourth-order valence-electron chi connectivity index (χ4n) is 3.51. The molecular formula is C32H54O4. The standard InChI is InChI=1S/C32H54O4/c1-3-5-7-9-11-13-14-15-16-17-18-19-20-22-24-26-28-35-30-31(29-33)36-32(34)27-25-23-21-12-10-8-6-4-2/h5,7,11,13,15-16,18-19,22,24,31,33H,3-4,6,8-10,12,14,17,20-21,23,25-30H2,1-2H3/b7-5-,13-11-,16-15-,19-18-,24-22-. The Hall–Kier alpha value is -1.91. The van der Waals surface area contributed by atoms with Crippen LogP contribution in [0.1, 0.15) is 110 Å². The van der Waals surface area contributed by atoms with Crippen molar-refractivity contribution in [2.75, 3.05) is 19.8 Å². The van der Waals surface area contributed by atoms with Gasteiger partial charge in [-0.2, -0.15) is 0 Å². The highest BCUT2D eigenvalue weighted by Crippen LogP contribution is 2.10. The Morgan fingerprint density at radius 2 is 1.19 bits per heavy atom. The van der Waals surface area contributed by atoms with Gasteiger partial charge in [0.2, 0.25) is 0 Å². The minimum atomic E-state index is -0.570. The number of allylic oxidation sites excluding steroid dienone is 9. The molecule has 1 unspecified atom stereocenters. The average Bonchev–Trinajstić information content (AvgIpc) is 2.88.